The van der Waals surface area contributed by atoms with Crippen molar-refractivity contribution in [3.05, 3.63) is 45.5 Å². The van der Waals surface area contributed by atoms with Gasteiger partial charge in [-0.1, -0.05) is 6.07 Å². The number of nitrogens with one attached hydrogen (secondary N) is 1. The highest BCUT2D eigenvalue weighted by molar-refractivity contribution is 5.27. The van der Waals surface area contributed by atoms with Crippen LogP contribution >= 0.6 is 0 Å². The Bertz CT molecular complexity index is 796. The Morgan fingerprint density at radius 3 is 2.92 bits per heavy atom. The van der Waals surface area contributed by atoms with Gasteiger partial charge in [-0.05, 0) is 31.2 Å². The first-order valence-corrected chi connectivity index (χ1v) is 8.89. The summed E-state index contributed by atoms with van der Waals surface area (Å²) in [5.41, 5.74) is 8.13. The third-order valence-electron chi connectivity index (χ3n) is 4.96. The second-order valence-corrected chi connectivity index (χ2v) is 6.87. The average molecular weight is 341 g/mol. The number of nitrogens with zero attached hydrogens (tertiary/aromatic N) is 3. The van der Waals surface area contributed by atoms with Crippen molar-refractivity contribution in [2.24, 2.45) is 0 Å². The smallest absolute Gasteiger partial charge is 0.257 e. The SMILES string of the molecule is Nc1nc2c(c(=O)[nH]1)CN(Cc1ccc(OC3CCCC3)nc1)CC2. The van der Waals surface area contributed by atoms with Crippen LogP contribution in [0, 0.1) is 0 Å². The van der Waals surface area contributed by atoms with Crippen LogP contribution in [0.25, 0.3) is 0 Å². The van der Waals surface area contributed by atoms with E-state index in [1.54, 1.807) is 0 Å². The van der Waals surface area contributed by atoms with E-state index in [0.29, 0.717) is 18.5 Å². The summed E-state index contributed by atoms with van der Waals surface area (Å²) in [7, 11) is 0. The first-order chi connectivity index (χ1) is 12.2. The van der Waals surface area contributed by atoms with Crippen molar-refractivity contribution in [1.29, 1.82) is 0 Å². The Balaban J connectivity index is 1.40. The normalized spacial score (nSPS) is 18.2. The molecule has 1 aliphatic heterocycles. The standard InChI is InChI=1S/C18H23N5O2/c19-18-21-15-7-8-23(11-14(15)17(24)22-18)10-12-5-6-16(20-9-12)25-13-3-1-2-4-13/h5-6,9,13H,1-4,7-8,10-11H2,(H3,19,21,22,24). The molecule has 7 heteroatoms. The van der Waals surface area contributed by atoms with E-state index in [9.17, 15) is 4.79 Å². The highest BCUT2D eigenvalue weighted by Gasteiger charge is 2.21. The van der Waals surface area contributed by atoms with Crippen LogP contribution in [0.5, 0.6) is 5.88 Å². The molecule has 3 N–H and O–H groups in total. The molecule has 3 heterocycles. The van der Waals surface area contributed by atoms with E-state index in [1.807, 2.05) is 12.3 Å². The average Bonchev–Trinajstić information content (AvgIpc) is 3.10. The molecule has 25 heavy (non-hydrogen) atoms. The monoisotopic (exact) mass is 341 g/mol. The second-order valence-electron chi connectivity index (χ2n) is 6.87. The lowest BCUT2D eigenvalue weighted by Crippen LogP contribution is -2.35. The van der Waals surface area contributed by atoms with E-state index in [4.69, 9.17) is 10.5 Å². The molecule has 0 bridgehead atoms. The van der Waals surface area contributed by atoms with Gasteiger partial charge in [0, 0.05) is 38.3 Å². The first-order valence-electron chi connectivity index (χ1n) is 8.89. The summed E-state index contributed by atoms with van der Waals surface area (Å²) in [6.07, 6.45) is 7.68. The number of fused-ring (bicyclic) bond motifs is 1. The predicted octanol–water partition coefficient (Wildman–Crippen LogP) is 1.63. The van der Waals surface area contributed by atoms with Crippen LogP contribution in [0.3, 0.4) is 0 Å². The van der Waals surface area contributed by atoms with Gasteiger partial charge in [0.25, 0.3) is 5.56 Å². The van der Waals surface area contributed by atoms with Crippen LogP contribution in [-0.4, -0.2) is 32.5 Å². The number of ether oxygens (including phenoxy) is 1. The minimum atomic E-state index is -0.134. The summed E-state index contributed by atoms with van der Waals surface area (Å²) < 4.78 is 5.90. The van der Waals surface area contributed by atoms with Crippen molar-refractivity contribution in [3.63, 3.8) is 0 Å². The Kier molecular flexibility index (Phi) is 4.40. The minimum Gasteiger partial charge on any atom is -0.474 e. The van der Waals surface area contributed by atoms with Crippen LogP contribution in [0.1, 0.15) is 42.5 Å². The molecule has 132 valence electrons. The number of nitrogen functional groups attached to an aromatic ring is 1. The molecule has 0 unspecified atom stereocenters. The maximum Gasteiger partial charge on any atom is 0.257 e. The largest absolute Gasteiger partial charge is 0.474 e. The van der Waals surface area contributed by atoms with Crippen LogP contribution < -0.4 is 16.0 Å². The summed E-state index contributed by atoms with van der Waals surface area (Å²) in [6.45, 7) is 2.18. The number of nitrogens with two attached hydrogens (primary N) is 1. The molecule has 0 atom stereocenters. The third-order valence-corrected chi connectivity index (χ3v) is 4.96. The van der Waals surface area contributed by atoms with Gasteiger partial charge < -0.3 is 10.5 Å². The Hall–Kier alpha value is -2.41. The van der Waals surface area contributed by atoms with Gasteiger partial charge in [0.1, 0.15) is 6.10 Å². The molecule has 1 saturated carbocycles. The maximum absolute atomic E-state index is 12.1. The van der Waals surface area contributed by atoms with Gasteiger partial charge in [-0.3, -0.25) is 14.7 Å². The molecule has 0 aromatic carbocycles. The van der Waals surface area contributed by atoms with E-state index >= 15 is 0 Å². The first kappa shape index (κ1) is 16.1. The molecule has 1 fully saturated rings. The highest BCUT2D eigenvalue weighted by atomic mass is 16.5. The zero-order chi connectivity index (χ0) is 17.2. The molecule has 2 aliphatic rings. The number of hydrogen-bond donors (Lipinski definition) is 2. The zero-order valence-corrected chi connectivity index (χ0v) is 14.2. The number of aromatic nitrogens is 3. The fourth-order valence-electron chi connectivity index (χ4n) is 3.64. The quantitative estimate of drug-likeness (QED) is 0.877. The van der Waals surface area contributed by atoms with Gasteiger partial charge >= 0.3 is 0 Å². The Labute approximate surface area is 146 Å². The molecule has 0 amide bonds. The van der Waals surface area contributed by atoms with Gasteiger partial charge in [0.05, 0.1) is 11.3 Å². The molecular formula is C18H23N5O2. The van der Waals surface area contributed by atoms with E-state index in [1.165, 1.54) is 12.8 Å². The second kappa shape index (κ2) is 6.84. The van der Waals surface area contributed by atoms with Crippen LogP contribution in [0.4, 0.5) is 5.95 Å². The number of rotatable bonds is 4. The van der Waals surface area contributed by atoms with Crippen molar-refractivity contribution in [2.45, 2.75) is 51.3 Å². The van der Waals surface area contributed by atoms with Gasteiger partial charge in [0.2, 0.25) is 11.8 Å². The topological polar surface area (TPSA) is 97.1 Å². The number of H-pyrrole nitrogens is 1. The molecule has 1 aliphatic carbocycles. The van der Waals surface area contributed by atoms with Gasteiger partial charge in [-0.25, -0.2) is 9.97 Å². The van der Waals surface area contributed by atoms with Crippen LogP contribution in [0.2, 0.25) is 0 Å². The fourth-order valence-corrected chi connectivity index (χ4v) is 3.64. The molecule has 0 spiro atoms. The van der Waals surface area contributed by atoms with Crippen molar-refractivity contribution in [2.75, 3.05) is 12.3 Å². The lowest BCUT2D eigenvalue weighted by atomic mass is 10.1. The van der Waals surface area contributed by atoms with E-state index in [-0.39, 0.29) is 11.5 Å². The summed E-state index contributed by atoms with van der Waals surface area (Å²) in [6, 6.07) is 4.00. The number of pyridine rings is 1. The number of hydrogen-bond acceptors (Lipinski definition) is 6. The molecule has 2 aromatic rings. The molecule has 2 aromatic heterocycles. The molecule has 4 rings (SSSR count). The van der Waals surface area contributed by atoms with E-state index in [0.717, 1.165) is 49.2 Å². The number of aromatic amines is 1. The zero-order valence-electron chi connectivity index (χ0n) is 14.2. The molecular weight excluding hydrogens is 318 g/mol. The lowest BCUT2D eigenvalue weighted by Gasteiger charge is -2.27. The van der Waals surface area contributed by atoms with Gasteiger partial charge in [-0.2, -0.15) is 0 Å². The highest BCUT2D eigenvalue weighted by Crippen LogP contribution is 2.23. The minimum absolute atomic E-state index is 0.134. The summed E-state index contributed by atoms with van der Waals surface area (Å²) in [5, 5.41) is 0. The van der Waals surface area contributed by atoms with Crippen LogP contribution in [0.15, 0.2) is 23.1 Å². The molecule has 7 nitrogen and oxygen atoms in total. The third kappa shape index (κ3) is 3.66. The van der Waals surface area contributed by atoms with Crippen molar-refractivity contribution >= 4 is 5.95 Å². The van der Waals surface area contributed by atoms with Crippen LogP contribution in [-0.2, 0) is 19.5 Å². The summed E-state index contributed by atoms with van der Waals surface area (Å²) >= 11 is 0. The van der Waals surface area contributed by atoms with E-state index < -0.39 is 0 Å². The Morgan fingerprint density at radius 2 is 2.16 bits per heavy atom. The molecule has 0 radical (unpaired) electrons. The fraction of sp³-hybridized carbons (Fsp3) is 0.500. The summed E-state index contributed by atoms with van der Waals surface area (Å²) in [4.78, 5) is 25.5. The van der Waals surface area contributed by atoms with Crippen molar-refractivity contribution in [1.82, 2.24) is 19.9 Å². The Morgan fingerprint density at radius 1 is 1.32 bits per heavy atom. The lowest BCUT2D eigenvalue weighted by molar-refractivity contribution is 0.201. The molecule has 0 saturated heterocycles. The maximum atomic E-state index is 12.1. The van der Waals surface area contributed by atoms with Gasteiger partial charge in [-0.15, -0.1) is 0 Å². The van der Waals surface area contributed by atoms with Gasteiger partial charge in [0.15, 0.2) is 0 Å². The predicted molar refractivity (Wildman–Crippen MR) is 94.2 cm³/mol. The van der Waals surface area contributed by atoms with Crippen molar-refractivity contribution < 1.29 is 4.74 Å². The summed E-state index contributed by atoms with van der Waals surface area (Å²) in [5.74, 6) is 0.898. The van der Waals surface area contributed by atoms with Crippen molar-refractivity contribution in [3.8, 4) is 5.88 Å². The van der Waals surface area contributed by atoms with E-state index in [2.05, 4.69) is 25.9 Å². The number of anilines is 1.